The zero-order valence-electron chi connectivity index (χ0n) is 11.8. The molecule has 0 radical (unpaired) electrons. The Morgan fingerprint density at radius 1 is 1.39 bits per heavy atom. The summed E-state index contributed by atoms with van der Waals surface area (Å²) in [6.07, 6.45) is 5.15. The van der Waals surface area contributed by atoms with Crippen molar-refractivity contribution in [3.05, 3.63) is 17.5 Å². The first-order valence-electron chi connectivity index (χ1n) is 7.16. The first-order chi connectivity index (χ1) is 8.60. The van der Waals surface area contributed by atoms with Gasteiger partial charge < -0.3 is 0 Å². The molecule has 0 bridgehead atoms. The Kier molecular flexibility index (Phi) is 4.20. The van der Waals surface area contributed by atoms with Crippen LogP contribution in [0.2, 0.25) is 0 Å². The standard InChI is InChI=1S/C15H24N2O/c1-4-17-14(9-12(3)16-17)10-15(18)13-7-5-11(2)6-8-13/h9,11,13H,4-8,10H2,1-3H3. The SMILES string of the molecule is CCn1nc(C)cc1CC(=O)C1CCC(C)CC1. The summed E-state index contributed by atoms with van der Waals surface area (Å²) in [7, 11) is 0. The summed E-state index contributed by atoms with van der Waals surface area (Å²) >= 11 is 0. The van der Waals surface area contributed by atoms with Crippen LogP contribution in [0.15, 0.2) is 6.07 Å². The van der Waals surface area contributed by atoms with Crippen molar-refractivity contribution in [1.82, 2.24) is 9.78 Å². The normalized spacial score (nSPS) is 24.2. The maximum absolute atomic E-state index is 12.3. The summed E-state index contributed by atoms with van der Waals surface area (Å²) in [6, 6.07) is 2.05. The topological polar surface area (TPSA) is 34.9 Å². The Labute approximate surface area is 110 Å². The van der Waals surface area contributed by atoms with E-state index in [1.807, 2.05) is 17.7 Å². The lowest BCUT2D eigenvalue weighted by atomic mass is 9.80. The first kappa shape index (κ1) is 13.3. The maximum Gasteiger partial charge on any atom is 0.141 e. The first-order valence-corrected chi connectivity index (χ1v) is 7.16. The van der Waals surface area contributed by atoms with Crippen molar-refractivity contribution in [2.75, 3.05) is 0 Å². The molecule has 100 valence electrons. The van der Waals surface area contributed by atoms with E-state index >= 15 is 0 Å². The number of carbonyl (C=O) groups excluding carboxylic acids is 1. The number of hydrogen-bond donors (Lipinski definition) is 0. The zero-order chi connectivity index (χ0) is 13.1. The number of rotatable bonds is 4. The van der Waals surface area contributed by atoms with Crippen molar-refractivity contribution in [3.63, 3.8) is 0 Å². The number of aryl methyl sites for hydroxylation is 2. The van der Waals surface area contributed by atoms with Gasteiger partial charge in [-0.2, -0.15) is 5.10 Å². The van der Waals surface area contributed by atoms with Gasteiger partial charge in [0.2, 0.25) is 0 Å². The van der Waals surface area contributed by atoms with Gasteiger partial charge in [-0.1, -0.05) is 19.8 Å². The molecular formula is C15H24N2O. The Balaban J connectivity index is 1.98. The van der Waals surface area contributed by atoms with Crippen LogP contribution >= 0.6 is 0 Å². The number of nitrogens with zero attached hydrogens (tertiary/aromatic N) is 2. The molecule has 0 N–H and O–H groups in total. The van der Waals surface area contributed by atoms with Crippen LogP contribution in [0.3, 0.4) is 0 Å². The molecule has 0 atom stereocenters. The zero-order valence-corrected chi connectivity index (χ0v) is 11.8. The van der Waals surface area contributed by atoms with Crippen LogP contribution in [-0.4, -0.2) is 15.6 Å². The van der Waals surface area contributed by atoms with Crippen molar-refractivity contribution in [2.24, 2.45) is 11.8 Å². The summed E-state index contributed by atoms with van der Waals surface area (Å²) in [5, 5.41) is 4.40. The molecule has 1 fully saturated rings. The Morgan fingerprint density at radius 3 is 2.67 bits per heavy atom. The average Bonchev–Trinajstić information content (AvgIpc) is 2.70. The van der Waals surface area contributed by atoms with Crippen molar-refractivity contribution < 1.29 is 4.79 Å². The minimum atomic E-state index is 0.293. The Hall–Kier alpha value is -1.12. The lowest BCUT2D eigenvalue weighted by Gasteiger charge is -2.25. The summed E-state index contributed by atoms with van der Waals surface area (Å²) in [5.41, 5.74) is 2.09. The molecule has 0 aromatic carbocycles. The molecule has 1 aromatic heterocycles. The van der Waals surface area contributed by atoms with Gasteiger partial charge in [0.25, 0.3) is 0 Å². The van der Waals surface area contributed by atoms with Crippen LogP contribution in [0.1, 0.15) is 50.9 Å². The van der Waals surface area contributed by atoms with Crippen LogP contribution in [0.5, 0.6) is 0 Å². The smallest absolute Gasteiger partial charge is 0.141 e. The molecule has 0 unspecified atom stereocenters. The molecule has 1 aliphatic rings. The molecule has 18 heavy (non-hydrogen) atoms. The molecule has 3 nitrogen and oxygen atoms in total. The number of carbonyl (C=O) groups is 1. The van der Waals surface area contributed by atoms with Crippen molar-refractivity contribution >= 4 is 5.78 Å². The second-order valence-corrected chi connectivity index (χ2v) is 5.69. The summed E-state index contributed by atoms with van der Waals surface area (Å²) < 4.78 is 1.96. The molecule has 1 saturated carbocycles. The van der Waals surface area contributed by atoms with Crippen molar-refractivity contribution in [1.29, 1.82) is 0 Å². The van der Waals surface area contributed by atoms with Crippen LogP contribution < -0.4 is 0 Å². The molecule has 1 aromatic rings. The molecule has 1 aliphatic carbocycles. The third-order valence-corrected chi connectivity index (χ3v) is 4.11. The number of hydrogen-bond acceptors (Lipinski definition) is 2. The minimum Gasteiger partial charge on any atom is -0.299 e. The quantitative estimate of drug-likeness (QED) is 0.820. The minimum absolute atomic E-state index is 0.293. The predicted octanol–water partition coefficient (Wildman–Crippen LogP) is 3.15. The highest BCUT2D eigenvalue weighted by Crippen LogP contribution is 2.29. The van der Waals surface area contributed by atoms with E-state index < -0.39 is 0 Å². The monoisotopic (exact) mass is 248 g/mol. The lowest BCUT2D eigenvalue weighted by Crippen LogP contribution is -2.23. The molecule has 3 heteroatoms. The fourth-order valence-corrected chi connectivity index (χ4v) is 2.92. The summed E-state index contributed by atoms with van der Waals surface area (Å²) in [6.45, 7) is 7.19. The van der Waals surface area contributed by atoms with Crippen molar-refractivity contribution in [2.45, 2.75) is 59.4 Å². The highest BCUT2D eigenvalue weighted by Gasteiger charge is 2.24. The van der Waals surface area contributed by atoms with Crippen LogP contribution in [0.25, 0.3) is 0 Å². The van der Waals surface area contributed by atoms with E-state index in [1.165, 1.54) is 12.8 Å². The predicted molar refractivity (Wildman–Crippen MR) is 72.5 cm³/mol. The van der Waals surface area contributed by atoms with Gasteiger partial charge in [-0.25, -0.2) is 0 Å². The number of aromatic nitrogens is 2. The fourth-order valence-electron chi connectivity index (χ4n) is 2.92. The van der Waals surface area contributed by atoms with Gasteiger partial charge in [-0.05, 0) is 38.7 Å². The highest BCUT2D eigenvalue weighted by atomic mass is 16.1. The fraction of sp³-hybridized carbons (Fsp3) is 0.733. The molecule has 1 heterocycles. The molecule has 0 aliphatic heterocycles. The van der Waals surface area contributed by atoms with Gasteiger partial charge in [0.05, 0.1) is 5.69 Å². The summed E-state index contributed by atoms with van der Waals surface area (Å²) in [4.78, 5) is 12.3. The van der Waals surface area contributed by atoms with E-state index in [4.69, 9.17) is 0 Å². The van der Waals surface area contributed by atoms with Gasteiger partial charge in [-0.3, -0.25) is 9.48 Å². The van der Waals surface area contributed by atoms with Gasteiger partial charge in [0.15, 0.2) is 0 Å². The Morgan fingerprint density at radius 2 is 2.06 bits per heavy atom. The van der Waals surface area contributed by atoms with Gasteiger partial charge in [-0.15, -0.1) is 0 Å². The van der Waals surface area contributed by atoms with Crippen LogP contribution in [-0.2, 0) is 17.8 Å². The maximum atomic E-state index is 12.3. The van der Waals surface area contributed by atoms with Crippen molar-refractivity contribution in [3.8, 4) is 0 Å². The summed E-state index contributed by atoms with van der Waals surface area (Å²) in [5.74, 6) is 1.51. The average molecular weight is 248 g/mol. The largest absolute Gasteiger partial charge is 0.299 e. The molecule has 0 spiro atoms. The number of Topliss-reactive ketones (excluding diaryl/α,β-unsaturated/α-hetero) is 1. The van der Waals surface area contributed by atoms with E-state index in [-0.39, 0.29) is 0 Å². The number of ketones is 1. The van der Waals surface area contributed by atoms with Gasteiger partial charge in [0, 0.05) is 24.6 Å². The molecule has 0 amide bonds. The van der Waals surface area contributed by atoms with Gasteiger partial charge in [0.1, 0.15) is 5.78 Å². The Bertz CT molecular complexity index is 414. The van der Waals surface area contributed by atoms with Crippen LogP contribution in [0.4, 0.5) is 0 Å². The van der Waals surface area contributed by atoms with E-state index in [0.29, 0.717) is 18.1 Å². The van der Waals surface area contributed by atoms with E-state index in [1.54, 1.807) is 0 Å². The second kappa shape index (κ2) is 5.68. The second-order valence-electron chi connectivity index (χ2n) is 5.69. The molecular weight excluding hydrogens is 224 g/mol. The third kappa shape index (κ3) is 3.01. The highest BCUT2D eigenvalue weighted by molar-refractivity contribution is 5.83. The third-order valence-electron chi connectivity index (χ3n) is 4.11. The van der Waals surface area contributed by atoms with E-state index in [2.05, 4.69) is 18.9 Å². The van der Waals surface area contributed by atoms with E-state index in [9.17, 15) is 4.79 Å². The van der Waals surface area contributed by atoms with Gasteiger partial charge >= 0.3 is 0 Å². The lowest BCUT2D eigenvalue weighted by molar-refractivity contribution is -0.123. The van der Waals surface area contributed by atoms with Crippen LogP contribution in [0, 0.1) is 18.8 Å². The molecule has 0 saturated heterocycles. The van der Waals surface area contributed by atoms with E-state index in [0.717, 1.165) is 36.7 Å². The molecule has 2 rings (SSSR count).